The lowest BCUT2D eigenvalue weighted by Crippen LogP contribution is -2.58. The molecule has 6 heteroatoms. The van der Waals surface area contributed by atoms with Gasteiger partial charge in [0.1, 0.15) is 6.04 Å². The first kappa shape index (κ1) is 12.5. The second-order valence-electron chi connectivity index (χ2n) is 4.39. The summed E-state index contributed by atoms with van der Waals surface area (Å²) in [6.07, 6.45) is -1.88. The van der Waals surface area contributed by atoms with Crippen molar-refractivity contribution in [2.75, 3.05) is 31.9 Å². The lowest BCUT2D eigenvalue weighted by molar-refractivity contribution is -0.186. The first-order valence-electron chi connectivity index (χ1n) is 5.70. The van der Waals surface area contributed by atoms with Gasteiger partial charge in [0.15, 0.2) is 0 Å². The Morgan fingerprint density at radius 2 is 2.19 bits per heavy atom. The van der Waals surface area contributed by atoms with E-state index in [0.717, 1.165) is 18.6 Å². The highest BCUT2D eigenvalue weighted by Gasteiger charge is 2.45. The molecule has 2 heterocycles. The summed E-state index contributed by atoms with van der Waals surface area (Å²) in [5.74, 6) is 1.10. The molecule has 0 aromatic rings. The highest BCUT2D eigenvalue weighted by Crippen LogP contribution is 2.31. The Morgan fingerprint density at radius 3 is 2.81 bits per heavy atom. The molecule has 0 bridgehead atoms. The fourth-order valence-electron chi connectivity index (χ4n) is 2.34. The van der Waals surface area contributed by atoms with E-state index in [1.807, 2.05) is 11.8 Å². The van der Waals surface area contributed by atoms with Crippen LogP contribution in [0.3, 0.4) is 0 Å². The molecule has 0 aromatic heterocycles. The van der Waals surface area contributed by atoms with Crippen LogP contribution in [0.15, 0.2) is 0 Å². The Kier molecular flexibility index (Phi) is 4.02. The smallest absolute Gasteiger partial charge is 0.314 e. The maximum absolute atomic E-state index is 12.8. The molecule has 2 rings (SSSR count). The fraction of sp³-hybridized carbons (Fsp3) is 1.00. The first-order chi connectivity index (χ1) is 7.57. The van der Waals surface area contributed by atoms with Gasteiger partial charge in [-0.1, -0.05) is 0 Å². The molecule has 0 aromatic carbocycles. The number of rotatable bonds is 2. The minimum Gasteiger partial charge on any atom is -0.314 e. The lowest BCUT2D eigenvalue weighted by atomic mass is 10.1. The monoisotopic (exact) mass is 254 g/mol. The van der Waals surface area contributed by atoms with Gasteiger partial charge < -0.3 is 5.32 Å². The third-order valence-corrected chi connectivity index (χ3v) is 4.57. The number of nitrogens with one attached hydrogen (secondary N) is 1. The van der Waals surface area contributed by atoms with Crippen molar-refractivity contribution in [2.24, 2.45) is 0 Å². The second-order valence-corrected chi connectivity index (χ2v) is 5.80. The van der Waals surface area contributed by atoms with Crippen LogP contribution < -0.4 is 5.32 Å². The van der Waals surface area contributed by atoms with E-state index >= 15 is 0 Å². The minimum absolute atomic E-state index is 0.0425. The second kappa shape index (κ2) is 5.14. The molecule has 2 saturated heterocycles. The molecule has 0 spiro atoms. The zero-order valence-electron chi connectivity index (χ0n) is 9.09. The SMILES string of the molecule is FC(F)(F)C1CNCCN1CC1CCCS1. The van der Waals surface area contributed by atoms with Gasteiger partial charge in [0.2, 0.25) is 0 Å². The van der Waals surface area contributed by atoms with Gasteiger partial charge in [0.25, 0.3) is 0 Å². The van der Waals surface area contributed by atoms with Gasteiger partial charge in [-0.2, -0.15) is 24.9 Å². The summed E-state index contributed by atoms with van der Waals surface area (Å²) in [6.45, 7) is 1.82. The summed E-state index contributed by atoms with van der Waals surface area (Å²) >= 11 is 1.82. The third-order valence-electron chi connectivity index (χ3n) is 3.19. The molecule has 2 unspecified atom stereocenters. The fourth-order valence-corrected chi connectivity index (χ4v) is 3.63. The topological polar surface area (TPSA) is 15.3 Å². The first-order valence-corrected chi connectivity index (χ1v) is 6.75. The molecule has 2 aliphatic rings. The molecular weight excluding hydrogens is 237 g/mol. The average Bonchev–Trinajstić information content (AvgIpc) is 2.70. The third kappa shape index (κ3) is 3.05. The number of halogens is 3. The molecular formula is C10H17F3N2S. The zero-order valence-corrected chi connectivity index (χ0v) is 9.91. The quantitative estimate of drug-likeness (QED) is 0.808. The molecule has 16 heavy (non-hydrogen) atoms. The van der Waals surface area contributed by atoms with E-state index in [1.165, 1.54) is 0 Å². The molecule has 0 saturated carbocycles. The molecule has 2 atom stereocenters. The number of piperazine rings is 1. The summed E-state index contributed by atoms with van der Waals surface area (Å²) in [5, 5.41) is 3.23. The van der Waals surface area contributed by atoms with Gasteiger partial charge in [-0.25, -0.2) is 0 Å². The molecule has 2 nitrogen and oxygen atoms in total. The molecule has 0 amide bonds. The summed E-state index contributed by atoms with van der Waals surface area (Å²) in [7, 11) is 0. The van der Waals surface area contributed by atoms with Gasteiger partial charge >= 0.3 is 6.18 Å². The molecule has 2 fully saturated rings. The van der Waals surface area contributed by atoms with Gasteiger partial charge in [0.05, 0.1) is 0 Å². The van der Waals surface area contributed by atoms with Crippen LogP contribution in [0, 0.1) is 0 Å². The zero-order chi connectivity index (χ0) is 11.6. The van der Waals surface area contributed by atoms with Crippen molar-refractivity contribution in [1.82, 2.24) is 10.2 Å². The van der Waals surface area contributed by atoms with Crippen molar-refractivity contribution in [3.63, 3.8) is 0 Å². The Labute approximate surface area is 97.9 Å². The summed E-state index contributed by atoms with van der Waals surface area (Å²) in [4.78, 5) is 1.61. The predicted octanol–water partition coefficient (Wildman–Crippen LogP) is 1.72. The highest BCUT2D eigenvalue weighted by molar-refractivity contribution is 8.00. The molecule has 94 valence electrons. The Hall–Kier alpha value is 0.0600. The predicted molar refractivity (Wildman–Crippen MR) is 59.8 cm³/mol. The normalized spacial score (nSPS) is 33.2. The van der Waals surface area contributed by atoms with Crippen LogP contribution in [0.1, 0.15) is 12.8 Å². The van der Waals surface area contributed by atoms with Crippen LogP contribution in [-0.4, -0.2) is 54.3 Å². The molecule has 0 radical (unpaired) electrons. The van der Waals surface area contributed by atoms with Crippen LogP contribution in [0.4, 0.5) is 13.2 Å². The van der Waals surface area contributed by atoms with Crippen LogP contribution in [0.2, 0.25) is 0 Å². The van der Waals surface area contributed by atoms with Gasteiger partial charge in [-0.15, -0.1) is 0 Å². The van der Waals surface area contributed by atoms with E-state index in [0.29, 0.717) is 24.9 Å². The molecule has 0 aliphatic carbocycles. The Balaban J connectivity index is 1.93. The van der Waals surface area contributed by atoms with E-state index < -0.39 is 12.2 Å². The maximum atomic E-state index is 12.8. The number of hydrogen-bond donors (Lipinski definition) is 1. The van der Waals surface area contributed by atoms with Crippen molar-refractivity contribution in [2.45, 2.75) is 30.3 Å². The van der Waals surface area contributed by atoms with E-state index in [1.54, 1.807) is 4.90 Å². The van der Waals surface area contributed by atoms with E-state index in [-0.39, 0.29) is 6.54 Å². The van der Waals surface area contributed by atoms with Crippen molar-refractivity contribution in [3.05, 3.63) is 0 Å². The van der Waals surface area contributed by atoms with Crippen molar-refractivity contribution >= 4 is 11.8 Å². The average molecular weight is 254 g/mol. The summed E-state index contributed by atoms with van der Waals surface area (Å²) < 4.78 is 38.3. The van der Waals surface area contributed by atoms with E-state index in [9.17, 15) is 13.2 Å². The number of alkyl halides is 3. The summed E-state index contributed by atoms with van der Waals surface area (Å²) in [5.41, 5.74) is 0. The summed E-state index contributed by atoms with van der Waals surface area (Å²) in [6, 6.07) is -1.29. The lowest BCUT2D eigenvalue weighted by Gasteiger charge is -2.38. The maximum Gasteiger partial charge on any atom is 0.405 e. The van der Waals surface area contributed by atoms with Gasteiger partial charge in [0, 0.05) is 31.4 Å². The largest absolute Gasteiger partial charge is 0.405 e. The van der Waals surface area contributed by atoms with Crippen molar-refractivity contribution in [3.8, 4) is 0 Å². The number of nitrogens with zero attached hydrogens (tertiary/aromatic N) is 1. The highest BCUT2D eigenvalue weighted by atomic mass is 32.2. The van der Waals surface area contributed by atoms with Crippen LogP contribution in [0.25, 0.3) is 0 Å². The van der Waals surface area contributed by atoms with Crippen LogP contribution in [0.5, 0.6) is 0 Å². The molecule has 1 N–H and O–H groups in total. The van der Waals surface area contributed by atoms with Crippen molar-refractivity contribution in [1.29, 1.82) is 0 Å². The standard InChI is InChI=1S/C10H17F3N2S/c11-10(12,13)9-6-14-3-4-15(9)7-8-2-1-5-16-8/h8-9,14H,1-7H2. The number of thioether (sulfide) groups is 1. The van der Waals surface area contributed by atoms with Gasteiger partial charge in [-0.3, -0.25) is 4.90 Å². The van der Waals surface area contributed by atoms with Crippen molar-refractivity contribution < 1.29 is 13.2 Å². The van der Waals surface area contributed by atoms with E-state index in [2.05, 4.69) is 5.32 Å². The van der Waals surface area contributed by atoms with Crippen LogP contribution in [-0.2, 0) is 0 Å². The Morgan fingerprint density at radius 1 is 1.38 bits per heavy atom. The minimum atomic E-state index is -4.10. The van der Waals surface area contributed by atoms with Gasteiger partial charge in [-0.05, 0) is 18.6 Å². The number of hydrogen-bond acceptors (Lipinski definition) is 3. The Bertz CT molecular complexity index is 229. The molecule has 2 aliphatic heterocycles. The van der Waals surface area contributed by atoms with E-state index in [4.69, 9.17) is 0 Å². The van der Waals surface area contributed by atoms with Crippen LogP contribution >= 0.6 is 11.8 Å².